The summed E-state index contributed by atoms with van der Waals surface area (Å²) in [4.78, 5) is 11.6. The summed E-state index contributed by atoms with van der Waals surface area (Å²) in [7, 11) is 0. The van der Waals surface area contributed by atoms with E-state index in [1.54, 1.807) is 0 Å². The molecule has 0 bridgehead atoms. The SMILES string of the molecule is C=C1C(=O)OC2CC3=CCC(C)CC3(C)CC12.CC. The first-order valence-electron chi connectivity index (χ1n) is 7.59. The number of hydrogen-bond donors (Lipinski definition) is 0. The average molecular weight is 262 g/mol. The van der Waals surface area contributed by atoms with Crippen LogP contribution in [0.1, 0.15) is 53.4 Å². The van der Waals surface area contributed by atoms with Gasteiger partial charge in [0.2, 0.25) is 0 Å². The average Bonchev–Trinajstić information content (AvgIpc) is 2.64. The van der Waals surface area contributed by atoms with Crippen molar-refractivity contribution in [2.45, 2.75) is 59.5 Å². The molecule has 4 unspecified atom stereocenters. The third-order valence-electron chi connectivity index (χ3n) is 4.85. The van der Waals surface area contributed by atoms with E-state index in [-0.39, 0.29) is 23.4 Å². The maximum atomic E-state index is 11.6. The lowest BCUT2D eigenvalue weighted by Gasteiger charge is -2.45. The number of carbonyl (C=O) groups excluding carboxylic acids is 1. The quantitative estimate of drug-likeness (QED) is 0.370. The second kappa shape index (κ2) is 5.15. The van der Waals surface area contributed by atoms with Gasteiger partial charge >= 0.3 is 5.97 Å². The number of allylic oxidation sites excluding steroid dienone is 1. The molecule has 1 saturated heterocycles. The van der Waals surface area contributed by atoms with Crippen LogP contribution in [0.3, 0.4) is 0 Å². The van der Waals surface area contributed by atoms with Crippen LogP contribution in [-0.2, 0) is 9.53 Å². The van der Waals surface area contributed by atoms with Crippen LogP contribution >= 0.6 is 0 Å². The monoisotopic (exact) mass is 262 g/mol. The molecule has 2 heteroatoms. The molecule has 0 radical (unpaired) electrons. The molecule has 0 aromatic carbocycles. The summed E-state index contributed by atoms with van der Waals surface area (Å²) in [6.07, 6.45) is 6.85. The van der Waals surface area contributed by atoms with Crippen LogP contribution in [-0.4, -0.2) is 12.1 Å². The predicted octanol–water partition coefficient (Wildman–Crippen LogP) is 4.27. The van der Waals surface area contributed by atoms with Crippen molar-refractivity contribution in [2.24, 2.45) is 17.3 Å². The predicted molar refractivity (Wildman–Crippen MR) is 77.7 cm³/mol. The minimum absolute atomic E-state index is 0.0720. The summed E-state index contributed by atoms with van der Waals surface area (Å²) in [5.74, 6) is 0.845. The van der Waals surface area contributed by atoms with E-state index in [1.165, 1.54) is 18.4 Å². The fourth-order valence-electron chi connectivity index (χ4n) is 3.93. The molecule has 3 aliphatic rings. The van der Waals surface area contributed by atoms with E-state index in [0.29, 0.717) is 5.57 Å². The highest BCUT2D eigenvalue weighted by Gasteiger charge is 2.49. The highest BCUT2D eigenvalue weighted by molar-refractivity contribution is 5.91. The first kappa shape index (κ1) is 14.4. The first-order valence-corrected chi connectivity index (χ1v) is 7.59. The Kier molecular flexibility index (Phi) is 3.89. The van der Waals surface area contributed by atoms with Crippen LogP contribution in [0.15, 0.2) is 23.8 Å². The van der Waals surface area contributed by atoms with Crippen molar-refractivity contribution in [3.63, 3.8) is 0 Å². The van der Waals surface area contributed by atoms with E-state index in [0.717, 1.165) is 18.8 Å². The van der Waals surface area contributed by atoms with Crippen LogP contribution < -0.4 is 0 Å². The van der Waals surface area contributed by atoms with Gasteiger partial charge in [-0.1, -0.05) is 45.9 Å². The Morgan fingerprint density at radius 1 is 1.37 bits per heavy atom. The van der Waals surface area contributed by atoms with E-state index >= 15 is 0 Å². The van der Waals surface area contributed by atoms with Gasteiger partial charge < -0.3 is 4.74 Å². The number of hydrogen-bond acceptors (Lipinski definition) is 2. The summed E-state index contributed by atoms with van der Waals surface area (Å²) in [6, 6.07) is 0. The maximum Gasteiger partial charge on any atom is 0.334 e. The lowest BCUT2D eigenvalue weighted by Crippen LogP contribution is -2.38. The summed E-state index contributed by atoms with van der Waals surface area (Å²) in [6.45, 7) is 12.6. The van der Waals surface area contributed by atoms with Crippen LogP contribution in [0, 0.1) is 17.3 Å². The Bertz CT molecular complexity index is 421. The van der Waals surface area contributed by atoms with E-state index in [4.69, 9.17) is 4.74 Å². The van der Waals surface area contributed by atoms with Crippen molar-refractivity contribution in [3.05, 3.63) is 23.8 Å². The van der Waals surface area contributed by atoms with Gasteiger partial charge in [0.25, 0.3) is 0 Å². The minimum atomic E-state index is -0.170. The highest BCUT2D eigenvalue weighted by Crippen LogP contribution is 2.54. The number of carbonyl (C=O) groups is 1. The molecular formula is C17H26O2. The molecule has 0 aromatic rings. The van der Waals surface area contributed by atoms with Crippen LogP contribution in [0.4, 0.5) is 0 Å². The molecule has 2 aliphatic carbocycles. The van der Waals surface area contributed by atoms with Crippen LogP contribution in [0.25, 0.3) is 0 Å². The fourth-order valence-corrected chi connectivity index (χ4v) is 3.93. The van der Waals surface area contributed by atoms with Gasteiger partial charge in [-0.15, -0.1) is 0 Å². The zero-order valence-electron chi connectivity index (χ0n) is 12.7. The molecule has 0 amide bonds. The Balaban J connectivity index is 0.000000637. The molecule has 0 spiro atoms. The second-order valence-electron chi connectivity index (χ2n) is 6.32. The van der Waals surface area contributed by atoms with E-state index in [2.05, 4.69) is 26.5 Å². The van der Waals surface area contributed by atoms with Gasteiger partial charge in [-0.05, 0) is 30.6 Å². The van der Waals surface area contributed by atoms with Crippen molar-refractivity contribution >= 4 is 5.97 Å². The van der Waals surface area contributed by atoms with Crippen molar-refractivity contribution in [3.8, 4) is 0 Å². The Labute approximate surface area is 116 Å². The molecule has 2 nitrogen and oxygen atoms in total. The van der Waals surface area contributed by atoms with Crippen LogP contribution in [0.2, 0.25) is 0 Å². The molecule has 4 atom stereocenters. The van der Waals surface area contributed by atoms with Gasteiger partial charge in [0, 0.05) is 17.9 Å². The number of ether oxygens (including phenoxy) is 1. The van der Waals surface area contributed by atoms with Crippen molar-refractivity contribution in [2.75, 3.05) is 0 Å². The van der Waals surface area contributed by atoms with E-state index in [1.807, 2.05) is 13.8 Å². The van der Waals surface area contributed by atoms with E-state index in [9.17, 15) is 4.79 Å². The van der Waals surface area contributed by atoms with Gasteiger partial charge in [-0.2, -0.15) is 0 Å². The Hall–Kier alpha value is -1.05. The van der Waals surface area contributed by atoms with Crippen molar-refractivity contribution < 1.29 is 9.53 Å². The minimum Gasteiger partial charge on any atom is -0.458 e. The van der Waals surface area contributed by atoms with Crippen LogP contribution in [0.5, 0.6) is 0 Å². The van der Waals surface area contributed by atoms with Crippen molar-refractivity contribution in [1.82, 2.24) is 0 Å². The summed E-state index contributed by atoms with van der Waals surface area (Å²) >= 11 is 0. The molecule has 19 heavy (non-hydrogen) atoms. The topological polar surface area (TPSA) is 26.3 Å². The number of rotatable bonds is 0. The zero-order valence-corrected chi connectivity index (χ0v) is 12.7. The summed E-state index contributed by atoms with van der Waals surface area (Å²) < 4.78 is 5.42. The molecule has 106 valence electrons. The smallest absolute Gasteiger partial charge is 0.334 e. The molecule has 1 heterocycles. The molecule has 0 aromatic heterocycles. The summed E-state index contributed by atoms with van der Waals surface area (Å²) in [5, 5.41) is 0. The summed E-state index contributed by atoms with van der Waals surface area (Å²) in [5.41, 5.74) is 2.49. The molecule has 0 N–H and O–H groups in total. The highest BCUT2D eigenvalue weighted by atomic mass is 16.6. The molecule has 1 saturated carbocycles. The Morgan fingerprint density at radius 3 is 2.74 bits per heavy atom. The third-order valence-corrected chi connectivity index (χ3v) is 4.85. The standard InChI is InChI=1S/C15H20O2.C2H6/c1-9-4-5-11-6-13-12(8-15(11,3)7-9)10(2)14(16)17-13;1-2/h5,9,12-13H,2,4,6-8H2,1,3H3;1-2H3. The number of fused-ring (bicyclic) bond motifs is 2. The Morgan fingerprint density at radius 2 is 2.05 bits per heavy atom. The molecule has 2 fully saturated rings. The molecular weight excluding hydrogens is 236 g/mol. The number of esters is 1. The molecule has 3 rings (SSSR count). The first-order chi connectivity index (χ1) is 8.99. The fraction of sp³-hybridized carbons (Fsp3) is 0.706. The third kappa shape index (κ3) is 2.37. The van der Waals surface area contributed by atoms with Crippen molar-refractivity contribution in [1.29, 1.82) is 0 Å². The van der Waals surface area contributed by atoms with Gasteiger partial charge in [0.05, 0.1) is 0 Å². The lowest BCUT2D eigenvalue weighted by molar-refractivity contribution is -0.139. The maximum absolute atomic E-state index is 11.6. The van der Waals surface area contributed by atoms with Gasteiger partial charge in [-0.3, -0.25) is 0 Å². The zero-order chi connectivity index (χ0) is 14.2. The lowest BCUT2D eigenvalue weighted by atomic mass is 9.60. The largest absolute Gasteiger partial charge is 0.458 e. The van der Waals surface area contributed by atoms with E-state index < -0.39 is 0 Å². The van der Waals surface area contributed by atoms with Gasteiger partial charge in [-0.25, -0.2) is 4.79 Å². The second-order valence-corrected chi connectivity index (χ2v) is 6.32. The normalized spacial score (nSPS) is 40.4. The van der Waals surface area contributed by atoms with Gasteiger partial charge in [0.15, 0.2) is 0 Å². The molecule has 1 aliphatic heterocycles. The van der Waals surface area contributed by atoms with Gasteiger partial charge in [0.1, 0.15) is 6.10 Å².